The number of fused-ring (bicyclic) bond motifs is 1. The smallest absolute Gasteiger partial charge is 0.191 e. The quantitative estimate of drug-likeness (QED) is 0.469. The van der Waals surface area contributed by atoms with Gasteiger partial charge in [-0.05, 0) is 37.0 Å². The molecule has 5 nitrogen and oxygen atoms in total. The molecule has 3 aromatic rings. The highest BCUT2D eigenvalue weighted by molar-refractivity contribution is 7.11. The lowest BCUT2D eigenvalue weighted by Crippen LogP contribution is -2.37. The lowest BCUT2D eigenvalue weighted by molar-refractivity contribution is 0.793. The molecule has 0 aliphatic carbocycles. The van der Waals surface area contributed by atoms with E-state index in [-0.39, 0.29) is 0 Å². The molecule has 1 aromatic carbocycles. The maximum absolute atomic E-state index is 4.43. The largest absolute Gasteiger partial charge is 0.361 e. The molecule has 3 N–H and O–H groups in total. The second-order valence-electron chi connectivity index (χ2n) is 5.99. The number of thiazole rings is 1. The fraction of sp³-hybridized carbons (Fsp3) is 0.368. The van der Waals surface area contributed by atoms with E-state index in [1.165, 1.54) is 26.9 Å². The Morgan fingerprint density at radius 1 is 1.32 bits per heavy atom. The summed E-state index contributed by atoms with van der Waals surface area (Å²) < 4.78 is 0. The van der Waals surface area contributed by atoms with Gasteiger partial charge < -0.3 is 15.6 Å². The van der Waals surface area contributed by atoms with Crippen LogP contribution in [-0.2, 0) is 19.4 Å². The van der Waals surface area contributed by atoms with Crippen LogP contribution < -0.4 is 10.6 Å². The fourth-order valence-electron chi connectivity index (χ4n) is 2.94. The molecule has 0 fully saturated rings. The van der Waals surface area contributed by atoms with Crippen LogP contribution in [0.5, 0.6) is 0 Å². The van der Waals surface area contributed by atoms with Crippen LogP contribution in [0.2, 0.25) is 0 Å². The number of rotatable bonds is 6. The molecule has 25 heavy (non-hydrogen) atoms. The normalized spacial score (nSPS) is 11.9. The lowest BCUT2D eigenvalue weighted by Gasteiger charge is -2.10. The third-order valence-corrected chi connectivity index (χ3v) is 5.40. The molecule has 0 aliphatic rings. The fourth-order valence-corrected chi connectivity index (χ4v) is 3.74. The van der Waals surface area contributed by atoms with Crippen molar-refractivity contribution in [3.63, 3.8) is 0 Å². The first-order valence-corrected chi connectivity index (χ1v) is 9.46. The van der Waals surface area contributed by atoms with E-state index in [0.29, 0.717) is 6.54 Å². The molecular weight excluding hydrogens is 330 g/mol. The molecule has 0 saturated carbocycles. The topological polar surface area (TPSA) is 65.1 Å². The summed E-state index contributed by atoms with van der Waals surface area (Å²) in [6.45, 7) is 5.85. The van der Waals surface area contributed by atoms with Gasteiger partial charge >= 0.3 is 0 Å². The second kappa shape index (κ2) is 8.16. The number of H-pyrrole nitrogens is 1. The predicted octanol–water partition coefficient (Wildman–Crippen LogP) is 3.40. The van der Waals surface area contributed by atoms with E-state index in [1.54, 1.807) is 18.4 Å². The number of nitrogens with one attached hydrogen (secondary N) is 3. The van der Waals surface area contributed by atoms with Crippen LogP contribution in [0.25, 0.3) is 10.9 Å². The van der Waals surface area contributed by atoms with E-state index in [9.17, 15) is 0 Å². The van der Waals surface area contributed by atoms with Gasteiger partial charge in [-0.1, -0.05) is 19.1 Å². The molecule has 3 rings (SSSR count). The van der Waals surface area contributed by atoms with Crippen molar-refractivity contribution in [2.45, 2.75) is 33.2 Å². The van der Waals surface area contributed by atoms with Crippen LogP contribution in [0, 0.1) is 6.92 Å². The predicted molar refractivity (Wildman–Crippen MR) is 106 cm³/mol. The first-order valence-electron chi connectivity index (χ1n) is 8.65. The zero-order valence-electron chi connectivity index (χ0n) is 15.0. The van der Waals surface area contributed by atoms with Crippen LogP contribution in [0.15, 0.2) is 35.6 Å². The Bertz CT molecular complexity index is 862. The Morgan fingerprint density at radius 3 is 2.96 bits per heavy atom. The highest BCUT2D eigenvalue weighted by Gasteiger charge is 2.07. The number of aliphatic imine (C=N–C) groups is 1. The third-order valence-electron chi connectivity index (χ3n) is 4.26. The first-order chi connectivity index (χ1) is 12.2. The number of aryl methyl sites for hydroxylation is 2. The van der Waals surface area contributed by atoms with Crippen molar-refractivity contribution >= 4 is 28.2 Å². The van der Waals surface area contributed by atoms with Crippen molar-refractivity contribution in [3.05, 3.63) is 51.6 Å². The van der Waals surface area contributed by atoms with Crippen LogP contribution >= 0.6 is 11.3 Å². The monoisotopic (exact) mass is 355 g/mol. The summed E-state index contributed by atoms with van der Waals surface area (Å²) in [6, 6.07) is 6.37. The van der Waals surface area contributed by atoms with Gasteiger partial charge in [0.2, 0.25) is 0 Å². The zero-order chi connectivity index (χ0) is 17.6. The molecule has 0 amide bonds. The minimum atomic E-state index is 0.705. The van der Waals surface area contributed by atoms with Gasteiger partial charge in [0.05, 0.1) is 6.54 Å². The molecule has 0 spiro atoms. The molecule has 0 bridgehead atoms. The maximum Gasteiger partial charge on any atom is 0.191 e. The van der Waals surface area contributed by atoms with Gasteiger partial charge in [0.1, 0.15) is 5.01 Å². The minimum Gasteiger partial charge on any atom is -0.361 e. The molecule has 6 heteroatoms. The number of hydrogen-bond donors (Lipinski definition) is 3. The van der Waals surface area contributed by atoms with Gasteiger partial charge in [0.15, 0.2) is 5.96 Å². The van der Waals surface area contributed by atoms with Crippen molar-refractivity contribution in [1.82, 2.24) is 20.6 Å². The summed E-state index contributed by atoms with van der Waals surface area (Å²) in [5.74, 6) is 0.810. The van der Waals surface area contributed by atoms with E-state index in [1.807, 2.05) is 6.20 Å². The van der Waals surface area contributed by atoms with E-state index in [2.05, 4.69) is 63.8 Å². The number of hydrogen-bond acceptors (Lipinski definition) is 3. The summed E-state index contributed by atoms with van der Waals surface area (Å²) in [5.41, 5.74) is 3.85. The lowest BCUT2D eigenvalue weighted by atomic mass is 10.1. The van der Waals surface area contributed by atoms with Crippen LogP contribution in [0.3, 0.4) is 0 Å². The van der Waals surface area contributed by atoms with Crippen molar-refractivity contribution in [3.8, 4) is 0 Å². The number of aromatic nitrogens is 2. The summed E-state index contributed by atoms with van der Waals surface area (Å²) in [4.78, 5) is 13.4. The second-order valence-corrected chi connectivity index (χ2v) is 7.19. The maximum atomic E-state index is 4.43. The number of benzene rings is 1. The van der Waals surface area contributed by atoms with Crippen molar-refractivity contribution in [1.29, 1.82) is 0 Å². The molecule has 0 unspecified atom stereocenters. The highest BCUT2D eigenvalue weighted by Crippen LogP contribution is 2.22. The number of guanidine groups is 1. The van der Waals surface area contributed by atoms with Gasteiger partial charge in [-0.15, -0.1) is 11.3 Å². The minimum absolute atomic E-state index is 0.705. The summed E-state index contributed by atoms with van der Waals surface area (Å²) in [6.07, 6.45) is 6.05. The summed E-state index contributed by atoms with van der Waals surface area (Å²) in [5, 5.41) is 9.14. The third kappa shape index (κ3) is 4.20. The number of aromatic amines is 1. The van der Waals surface area contributed by atoms with Crippen molar-refractivity contribution in [2.24, 2.45) is 4.99 Å². The Kier molecular flexibility index (Phi) is 5.71. The highest BCUT2D eigenvalue weighted by atomic mass is 32.1. The summed E-state index contributed by atoms with van der Waals surface area (Å²) >= 11 is 1.75. The molecule has 2 aromatic heterocycles. The molecule has 0 atom stereocenters. The van der Waals surface area contributed by atoms with Gasteiger partial charge in [-0.2, -0.15) is 0 Å². The summed E-state index contributed by atoms with van der Waals surface area (Å²) in [7, 11) is 1.80. The zero-order valence-corrected chi connectivity index (χ0v) is 15.8. The van der Waals surface area contributed by atoms with Gasteiger partial charge in [-0.25, -0.2) is 4.98 Å². The molecule has 0 saturated heterocycles. The average Bonchev–Trinajstić information content (AvgIpc) is 3.25. The Balaban J connectivity index is 1.52. The Hall–Kier alpha value is -2.34. The molecule has 132 valence electrons. The van der Waals surface area contributed by atoms with Crippen LogP contribution in [0.4, 0.5) is 0 Å². The Morgan fingerprint density at radius 2 is 2.20 bits per heavy atom. The van der Waals surface area contributed by atoms with E-state index < -0.39 is 0 Å². The average molecular weight is 356 g/mol. The standard InChI is InChI=1S/C19H25N5S/c1-4-15-11-23-17(25-15)12-24-19(20-3)21-9-8-14-10-22-16-7-5-6-13(2)18(14)16/h5-7,10-11,22H,4,8-9,12H2,1-3H3,(H2,20,21,24). The van der Waals surface area contributed by atoms with Gasteiger partial charge in [-0.3, -0.25) is 4.99 Å². The SMILES string of the molecule is CCc1cnc(CNC(=NC)NCCc2c[nH]c3cccc(C)c23)s1. The van der Waals surface area contributed by atoms with Crippen molar-refractivity contribution in [2.75, 3.05) is 13.6 Å². The Labute approximate surface area is 152 Å². The first kappa shape index (κ1) is 17.5. The van der Waals surface area contributed by atoms with E-state index in [4.69, 9.17) is 0 Å². The van der Waals surface area contributed by atoms with E-state index in [0.717, 1.165) is 30.4 Å². The van der Waals surface area contributed by atoms with Gasteiger partial charge in [0, 0.05) is 41.8 Å². The van der Waals surface area contributed by atoms with Crippen molar-refractivity contribution < 1.29 is 0 Å². The molecular formula is C19H25N5S. The number of nitrogens with zero attached hydrogens (tertiary/aromatic N) is 2. The van der Waals surface area contributed by atoms with Crippen LogP contribution in [0.1, 0.15) is 27.9 Å². The molecule has 0 aliphatic heterocycles. The van der Waals surface area contributed by atoms with Gasteiger partial charge in [0.25, 0.3) is 0 Å². The molecule has 0 radical (unpaired) electrons. The molecule has 2 heterocycles. The van der Waals surface area contributed by atoms with Crippen LogP contribution in [-0.4, -0.2) is 29.5 Å². The van der Waals surface area contributed by atoms with E-state index >= 15 is 0 Å².